The van der Waals surface area contributed by atoms with E-state index in [0.717, 1.165) is 44.3 Å². The highest BCUT2D eigenvalue weighted by Crippen LogP contribution is 2.41. The highest BCUT2D eigenvalue weighted by atomic mass is 35.5. The normalized spacial score (nSPS) is 26.3. The van der Waals surface area contributed by atoms with Crippen LogP contribution in [0.2, 0.25) is 10.0 Å². The molecule has 0 spiro atoms. The van der Waals surface area contributed by atoms with Crippen LogP contribution in [-0.2, 0) is 17.6 Å². The molecule has 31 heavy (non-hydrogen) atoms. The molecule has 1 saturated carbocycles. The van der Waals surface area contributed by atoms with Crippen LogP contribution in [0.3, 0.4) is 0 Å². The number of nitrogens with one attached hydrogen (secondary N) is 1. The first-order valence-corrected chi connectivity index (χ1v) is 11.9. The van der Waals surface area contributed by atoms with Crippen molar-refractivity contribution in [1.29, 1.82) is 0 Å². The number of carbonyl (C=O) groups is 1. The monoisotopic (exact) mass is 460 g/mol. The zero-order valence-electron chi connectivity index (χ0n) is 17.7. The molecular weight excluding hydrogens is 431 g/mol. The number of amides is 1. The van der Waals surface area contributed by atoms with Crippen molar-refractivity contribution in [3.05, 3.63) is 69.7 Å². The van der Waals surface area contributed by atoms with Crippen LogP contribution in [0.15, 0.2) is 48.5 Å². The van der Waals surface area contributed by atoms with Crippen molar-refractivity contribution in [1.82, 2.24) is 10.2 Å². The molecule has 0 bridgehead atoms. The largest absolute Gasteiger partial charge is 0.390 e. The zero-order chi connectivity index (χ0) is 21.9. The Kier molecular flexibility index (Phi) is 6.92. The van der Waals surface area contributed by atoms with Gasteiger partial charge in [-0.2, -0.15) is 0 Å². The molecule has 6 heteroatoms. The van der Waals surface area contributed by atoms with Gasteiger partial charge in [-0.1, -0.05) is 59.6 Å². The summed E-state index contributed by atoms with van der Waals surface area (Å²) in [4.78, 5) is 15.1. The summed E-state index contributed by atoms with van der Waals surface area (Å²) >= 11 is 12.0. The Balaban J connectivity index is 1.36. The molecule has 1 heterocycles. The van der Waals surface area contributed by atoms with Crippen molar-refractivity contribution < 1.29 is 9.90 Å². The number of nitrogens with zero attached hydrogens (tertiary/aromatic N) is 1. The Bertz CT molecular complexity index is 907. The number of hydrogen-bond acceptors (Lipinski definition) is 3. The second-order valence-electron chi connectivity index (χ2n) is 9.15. The lowest BCUT2D eigenvalue weighted by molar-refractivity contribution is -0.122. The van der Waals surface area contributed by atoms with Crippen LogP contribution in [-0.4, -0.2) is 46.7 Å². The fourth-order valence-corrected chi connectivity index (χ4v) is 5.21. The van der Waals surface area contributed by atoms with Gasteiger partial charge in [-0.05, 0) is 68.5 Å². The number of likely N-dealkylation sites (tertiary alicyclic amines) is 1. The molecule has 0 aromatic heterocycles. The lowest BCUT2D eigenvalue weighted by Gasteiger charge is -2.53. The standard InChI is InChI=1S/C25H30Cl2N2O2/c26-21-8-7-20(15-22(21)27)16-23(30)28-18-24(29-13-4-14-29)9-11-25(31,12-10-24)17-19-5-2-1-3-6-19/h1-3,5-8,15,31H,4,9-14,16-18H2,(H,28,30). The second-order valence-corrected chi connectivity index (χ2v) is 9.97. The van der Waals surface area contributed by atoms with Gasteiger partial charge in [-0.25, -0.2) is 0 Å². The van der Waals surface area contributed by atoms with Crippen molar-refractivity contribution in [2.24, 2.45) is 0 Å². The number of rotatable bonds is 7. The molecule has 1 aliphatic carbocycles. The smallest absolute Gasteiger partial charge is 0.224 e. The molecule has 2 aromatic carbocycles. The maximum absolute atomic E-state index is 12.6. The van der Waals surface area contributed by atoms with Gasteiger partial charge in [0.1, 0.15) is 0 Å². The summed E-state index contributed by atoms with van der Waals surface area (Å²) in [6.45, 7) is 2.76. The Hall–Kier alpha value is -1.59. The Morgan fingerprint density at radius 1 is 0.968 bits per heavy atom. The summed E-state index contributed by atoms with van der Waals surface area (Å²) in [7, 11) is 0. The lowest BCUT2D eigenvalue weighted by atomic mass is 9.70. The highest BCUT2D eigenvalue weighted by Gasteiger charge is 2.46. The molecule has 1 aliphatic heterocycles. The maximum atomic E-state index is 12.6. The van der Waals surface area contributed by atoms with E-state index >= 15 is 0 Å². The minimum absolute atomic E-state index is 0.0107. The summed E-state index contributed by atoms with van der Waals surface area (Å²) in [6, 6.07) is 15.5. The molecule has 2 fully saturated rings. The van der Waals surface area contributed by atoms with E-state index in [1.165, 1.54) is 12.0 Å². The fraction of sp³-hybridized carbons (Fsp3) is 0.480. The summed E-state index contributed by atoms with van der Waals surface area (Å²) < 4.78 is 0. The second kappa shape index (κ2) is 9.50. The van der Waals surface area contributed by atoms with Gasteiger partial charge >= 0.3 is 0 Å². The molecule has 1 saturated heterocycles. The molecule has 1 amide bonds. The van der Waals surface area contributed by atoms with Crippen LogP contribution in [0.5, 0.6) is 0 Å². The van der Waals surface area contributed by atoms with Gasteiger partial charge < -0.3 is 10.4 Å². The van der Waals surface area contributed by atoms with Crippen LogP contribution in [0.4, 0.5) is 0 Å². The molecule has 0 radical (unpaired) electrons. The molecular formula is C25H30Cl2N2O2. The molecule has 0 unspecified atom stereocenters. The molecule has 2 aliphatic rings. The number of benzene rings is 2. The van der Waals surface area contributed by atoms with Crippen LogP contribution in [0, 0.1) is 0 Å². The van der Waals surface area contributed by atoms with Gasteiger partial charge in [-0.3, -0.25) is 9.69 Å². The van der Waals surface area contributed by atoms with Crippen molar-refractivity contribution in [3.8, 4) is 0 Å². The average molecular weight is 461 g/mol. The third-order valence-corrected chi connectivity index (χ3v) is 7.72. The van der Waals surface area contributed by atoms with Crippen LogP contribution in [0.25, 0.3) is 0 Å². The van der Waals surface area contributed by atoms with Crippen LogP contribution in [0.1, 0.15) is 43.2 Å². The van der Waals surface area contributed by atoms with Crippen molar-refractivity contribution in [2.45, 2.75) is 56.1 Å². The Morgan fingerprint density at radius 3 is 2.29 bits per heavy atom. The predicted molar refractivity (Wildman–Crippen MR) is 126 cm³/mol. The number of aliphatic hydroxyl groups is 1. The van der Waals surface area contributed by atoms with E-state index in [1.807, 2.05) is 24.3 Å². The van der Waals surface area contributed by atoms with E-state index in [9.17, 15) is 9.90 Å². The first-order chi connectivity index (χ1) is 14.9. The van der Waals surface area contributed by atoms with Gasteiger partial charge in [-0.15, -0.1) is 0 Å². The van der Waals surface area contributed by atoms with E-state index in [0.29, 0.717) is 23.0 Å². The average Bonchev–Trinajstić information content (AvgIpc) is 2.71. The Labute approximate surface area is 194 Å². The summed E-state index contributed by atoms with van der Waals surface area (Å²) in [5.74, 6) is -0.0107. The topological polar surface area (TPSA) is 52.6 Å². The summed E-state index contributed by atoms with van der Waals surface area (Å²) in [5.41, 5.74) is 1.30. The van der Waals surface area contributed by atoms with Crippen LogP contribution >= 0.6 is 23.2 Å². The third kappa shape index (κ3) is 5.43. The number of carbonyl (C=O) groups excluding carboxylic acids is 1. The van der Waals surface area contributed by atoms with Gasteiger partial charge in [0.05, 0.1) is 22.1 Å². The van der Waals surface area contributed by atoms with Gasteiger partial charge in [0.25, 0.3) is 0 Å². The quantitative estimate of drug-likeness (QED) is 0.632. The third-order valence-electron chi connectivity index (χ3n) is 6.98. The van der Waals surface area contributed by atoms with Crippen molar-refractivity contribution >= 4 is 29.1 Å². The molecule has 4 rings (SSSR count). The number of hydrogen-bond donors (Lipinski definition) is 2. The lowest BCUT2D eigenvalue weighted by Crippen LogP contribution is -2.63. The van der Waals surface area contributed by atoms with E-state index < -0.39 is 5.60 Å². The summed E-state index contributed by atoms with van der Waals surface area (Å²) in [5, 5.41) is 15.3. The van der Waals surface area contributed by atoms with Crippen LogP contribution < -0.4 is 5.32 Å². The molecule has 4 nitrogen and oxygen atoms in total. The van der Waals surface area contributed by atoms with Gasteiger partial charge in [0.2, 0.25) is 5.91 Å². The van der Waals surface area contributed by atoms with E-state index in [-0.39, 0.29) is 17.9 Å². The molecule has 166 valence electrons. The fourth-order valence-electron chi connectivity index (χ4n) is 4.89. The minimum atomic E-state index is -0.667. The van der Waals surface area contributed by atoms with Gasteiger partial charge in [0, 0.05) is 18.5 Å². The van der Waals surface area contributed by atoms with E-state index in [2.05, 4.69) is 22.3 Å². The molecule has 0 atom stereocenters. The highest BCUT2D eigenvalue weighted by molar-refractivity contribution is 6.42. The predicted octanol–water partition coefficient (Wildman–Crippen LogP) is 4.64. The van der Waals surface area contributed by atoms with Crippen molar-refractivity contribution in [3.63, 3.8) is 0 Å². The van der Waals surface area contributed by atoms with E-state index in [1.54, 1.807) is 12.1 Å². The summed E-state index contributed by atoms with van der Waals surface area (Å²) in [6.07, 6.45) is 5.46. The van der Waals surface area contributed by atoms with Crippen molar-refractivity contribution in [2.75, 3.05) is 19.6 Å². The molecule has 2 aromatic rings. The number of halogens is 2. The maximum Gasteiger partial charge on any atom is 0.224 e. The molecule has 2 N–H and O–H groups in total. The van der Waals surface area contributed by atoms with E-state index in [4.69, 9.17) is 23.2 Å². The first kappa shape index (κ1) is 22.6. The first-order valence-electron chi connectivity index (χ1n) is 11.1. The van der Waals surface area contributed by atoms with Gasteiger partial charge in [0.15, 0.2) is 0 Å². The zero-order valence-corrected chi connectivity index (χ0v) is 19.3. The minimum Gasteiger partial charge on any atom is -0.390 e. The SMILES string of the molecule is O=C(Cc1ccc(Cl)c(Cl)c1)NCC1(N2CCC2)CCC(O)(Cc2ccccc2)CC1. The Morgan fingerprint density at radius 2 is 1.68 bits per heavy atom.